The van der Waals surface area contributed by atoms with E-state index < -0.39 is 11.7 Å². The van der Waals surface area contributed by atoms with Gasteiger partial charge in [-0.2, -0.15) is 13.2 Å². The van der Waals surface area contributed by atoms with Crippen LogP contribution in [0.2, 0.25) is 0 Å². The summed E-state index contributed by atoms with van der Waals surface area (Å²) in [5, 5.41) is 3.29. The van der Waals surface area contributed by atoms with E-state index in [1.54, 1.807) is 6.08 Å². The van der Waals surface area contributed by atoms with E-state index in [4.69, 9.17) is 5.53 Å². The molecule has 4 nitrogen and oxygen atoms in total. The highest BCUT2D eigenvalue weighted by atomic mass is 19.4. The first-order valence-electron chi connectivity index (χ1n) is 4.74. The Morgan fingerprint density at radius 3 is 2.88 bits per heavy atom. The Labute approximate surface area is 95.4 Å². The lowest BCUT2D eigenvalue weighted by Gasteiger charge is -2.05. The summed E-state index contributed by atoms with van der Waals surface area (Å²) in [5.74, 6) is 0. The van der Waals surface area contributed by atoms with Crippen molar-refractivity contribution in [3.05, 3.63) is 46.1 Å². The molecule has 0 N–H and O–H groups in total. The Morgan fingerprint density at radius 1 is 1.47 bits per heavy atom. The van der Waals surface area contributed by atoms with Gasteiger partial charge >= 0.3 is 6.18 Å². The predicted octanol–water partition coefficient (Wildman–Crippen LogP) is 3.81. The number of alkyl halides is 3. The summed E-state index contributed by atoms with van der Waals surface area (Å²) in [6.45, 7) is 0.270. The maximum atomic E-state index is 12.3. The summed E-state index contributed by atoms with van der Waals surface area (Å²) in [6, 6.07) is 1.88. The zero-order valence-electron chi connectivity index (χ0n) is 8.72. The van der Waals surface area contributed by atoms with Crippen molar-refractivity contribution < 1.29 is 13.2 Å². The molecule has 7 heteroatoms. The van der Waals surface area contributed by atoms with Crippen LogP contribution in [-0.2, 0) is 6.18 Å². The maximum absolute atomic E-state index is 12.3. The number of hydrogen-bond acceptors (Lipinski definition) is 2. The highest BCUT2D eigenvalue weighted by Crippen LogP contribution is 2.29. The van der Waals surface area contributed by atoms with Crippen molar-refractivity contribution in [3.8, 4) is 0 Å². The van der Waals surface area contributed by atoms with Crippen LogP contribution in [0.4, 0.5) is 13.2 Å². The van der Waals surface area contributed by atoms with Gasteiger partial charge in [-0.25, -0.2) is 0 Å². The van der Waals surface area contributed by atoms with Gasteiger partial charge in [0.2, 0.25) is 0 Å². The first kappa shape index (κ1) is 13.1. The quantitative estimate of drug-likeness (QED) is 0.342. The highest BCUT2D eigenvalue weighted by molar-refractivity contribution is 5.45. The van der Waals surface area contributed by atoms with Crippen molar-refractivity contribution in [1.82, 2.24) is 4.98 Å². The maximum Gasteiger partial charge on any atom is 0.416 e. The van der Waals surface area contributed by atoms with Crippen molar-refractivity contribution in [2.45, 2.75) is 12.6 Å². The van der Waals surface area contributed by atoms with E-state index in [2.05, 4.69) is 15.0 Å². The lowest BCUT2D eigenvalue weighted by molar-refractivity contribution is -0.137. The molecule has 0 saturated carbocycles. The second-order valence-corrected chi connectivity index (χ2v) is 3.11. The van der Waals surface area contributed by atoms with E-state index in [0.717, 1.165) is 18.3 Å². The second-order valence-electron chi connectivity index (χ2n) is 3.11. The van der Waals surface area contributed by atoms with Gasteiger partial charge in [0.05, 0.1) is 11.3 Å². The lowest BCUT2D eigenvalue weighted by atomic mass is 10.2. The van der Waals surface area contributed by atoms with E-state index in [-0.39, 0.29) is 12.2 Å². The molecule has 0 aliphatic carbocycles. The molecule has 1 heterocycles. The second kappa shape index (κ2) is 5.91. The monoisotopic (exact) mass is 242 g/mol. The summed E-state index contributed by atoms with van der Waals surface area (Å²) in [5.41, 5.74) is 7.49. The molecule has 0 unspecified atom stereocenters. The summed E-state index contributed by atoms with van der Waals surface area (Å²) in [6.07, 6.45) is 0.272. The molecule has 0 radical (unpaired) electrons. The van der Waals surface area contributed by atoms with Gasteiger partial charge in [0, 0.05) is 17.7 Å². The van der Waals surface area contributed by atoms with Gasteiger partial charge in [0.15, 0.2) is 0 Å². The average molecular weight is 242 g/mol. The number of azide groups is 1. The smallest absolute Gasteiger partial charge is 0.257 e. The Balaban J connectivity index is 2.69. The third kappa shape index (κ3) is 4.56. The summed E-state index contributed by atoms with van der Waals surface area (Å²) in [4.78, 5) is 6.33. The zero-order valence-corrected chi connectivity index (χ0v) is 8.72. The van der Waals surface area contributed by atoms with Gasteiger partial charge in [-0.1, -0.05) is 11.2 Å². The fourth-order valence-electron chi connectivity index (χ4n) is 1.10. The Morgan fingerprint density at radius 2 is 2.24 bits per heavy atom. The van der Waals surface area contributed by atoms with Gasteiger partial charge in [-0.3, -0.25) is 4.98 Å². The highest BCUT2D eigenvalue weighted by Gasteiger charge is 2.30. The number of pyridine rings is 1. The van der Waals surface area contributed by atoms with Crippen LogP contribution in [-0.4, -0.2) is 11.5 Å². The topological polar surface area (TPSA) is 61.7 Å². The van der Waals surface area contributed by atoms with E-state index in [1.165, 1.54) is 6.08 Å². The number of aromatic nitrogens is 1. The number of rotatable bonds is 4. The van der Waals surface area contributed by atoms with Gasteiger partial charge in [-0.05, 0) is 30.2 Å². The van der Waals surface area contributed by atoms with E-state index in [0.29, 0.717) is 6.42 Å². The molecule has 0 spiro atoms. The fourth-order valence-corrected chi connectivity index (χ4v) is 1.10. The molecule has 17 heavy (non-hydrogen) atoms. The van der Waals surface area contributed by atoms with Crippen molar-refractivity contribution in [3.63, 3.8) is 0 Å². The van der Waals surface area contributed by atoms with E-state index in [1.807, 2.05) is 0 Å². The minimum Gasteiger partial charge on any atom is -0.257 e. The molecular formula is C10H9F3N4. The lowest BCUT2D eigenvalue weighted by Crippen LogP contribution is -2.05. The van der Waals surface area contributed by atoms with Gasteiger partial charge < -0.3 is 0 Å². The molecule has 0 fully saturated rings. The molecule has 0 amide bonds. The van der Waals surface area contributed by atoms with Crippen LogP contribution < -0.4 is 0 Å². The Hall–Kier alpha value is -2.01. The van der Waals surface area contributed by atoms with Crippen molar-refractivity contribution in [2.24, 2.45) is 5.11 Å². The van der Waals surface area contributed by atoms with Crippen LogP contribution in [0.25, 0.3) is 16.5 Å². The van der Waals surface area contributed by atoms with E-state index in [9.17, 15) is 13.2 Å². The van der Waals surface area contributed by atoms with Crippen LogP contribution >= 0.6 is 0 Å². The van der Waals surface area contributed by atoms with Crippen LogP contribution in [0.3, 0.4) is 0 Å². The Bertz CT molecular complexity index is 447. The van der Waals surface area contributed by atoms with Gasteiger partial charge in [0.1, 0.15) is 0 Å². The molecule has 90 valence electrons. The van der Waals surface area contributed by atoms with Crippen LogP contribution in [0.15, 0.2) is 29.5 Å². The molecule has 0 aliphatic rings. The van der Waals surface area contributed by atoms with Gasteiger partial charge in [-0.15, -0.1) is 0 Å². The number of hydrogen-bond donors (Lipinski definition) is 0. The largest absolute Gasteiger partial charge is 0.416 e. The molecular weight excluding hydrogens is 233 g/mol. The third-order valence-corrected chi connectivity index (χ3v) is 1.86. The summed E-state index contributed by atoms with van der Waals surface area (Å²) < 4.78 is 37.0. The first-order chi connectivity index (χ1) is 8.04. The van der Waals surface area contributed by atoms with Gasteiger partial charge in [0.25, 0.3) is 0 Å². The molecule has 0 aromatic carbocycles. The molecule has 0 atom stereocenters. The van der Waals surface area contributed by atoms with Crippen molar-refractivity contribution in [1.29, 1.82) is 0 Å². The van der Waals surface area contributed by atoms with Crippen LogP contribution in [0, 0.1) is 0 Å². The minimum atomic E-state index is -4.36. The molecule has 0 saturated heterocycles. The van der Waals surface area contributed by atoms with E-state index >= 15 is 0 Å². The fraction of sp³-hybridized carbons (Fsp3) is 0.300. The van der Waals surface area contributed by atoms with Crippen LogP contribution in [0.5, 0.6) is 0 Å². The standard InChI is InChI=1S/C10H9F3N4/c11-10(12,13)8-4-6-15-9(7-8)3-1-2-5-16-17-14/h1,3-4,6-7H,2,5H2. The minimum absolute atomic E-state index is 0.223. The summed E-state index contributed by atoms with van der Waals surface area (Å²) >= 11 is 0. The number of halogens is 3. The molecule has 1 rings (SSSR count). The average Bonchev–Trinajstić information content (AvgIpc) is 2.28. The van der Waals surface area contributed by atoms with Crippen molar-refractivity contribution in [2.75, 3.05) is 6.54 Å². The predicted molar refractivity (Wildman–Crippen MR) is 56.9 cm³/mol. The number of nitrogens with zero attached hydrogens (tertiary/aromatic N) is 4. The third-order valence-electron chi connectivity index (χ3n) is 1.86. The van der Waals surface area contributed by atoms with Crippen molar-refractivity contribution >= 4 is 6.08 Å². The molecule has 1 aromatic heterocycles. The summed E-state index contributed by atoms with van der Waals surface area (Å²) in [7, 11) is 0. The Kier molecular flexibility index (Phi) is 4.54. The normalized spacial score (nSPS) is 11.5. The SMILES string of the molecule is [N-]=[N+]=NCCC=Cc1cc(C(F)(F)F)ccn1. The molecule has 0 aliphatic heterocycles. The first-order valence-corrected chi connectivity index (χ1v) is 4.74. The molecule has 1 aromatic rings. The van der Waals surface area contributed by atoms with Crippen LogP contribution in [0.1, 0.15) is 17.7 Å². The zero-order chi connectivity index (χ0) is 12.7. The molecule has 0 bridgehead atoms.